The lowest BCUT2D eigenvalue weighted by Gasteiger charge is -2.33. The molecule has 1 saturated carbocycles. The van der Waals surface area contributed by atoms with Gasteiger partial charge in [0.2, 0.25) is 0 Å². The second-order valence-corrected chi connectivity index (χ2v) is 5.47. The number of nitrogens with zero attached hydrogens (tertiary/aromatic N) is 2. The van der Waals surface area contributed by atoms with E-state index in [1.807, 2.05) is 6.20 Å². The Labute approximate surface area is 97.7 Å². The highest BCUT2D eigenvalue weighted by molar-refractivity contribution is 5.18. The summed E-state index contributed by atoms with van der Waals surface area (Å²) in [7, 11) is 2.26. The SMILES string of the molecule is CN1CC2[C@@H](CCC[C@H]2c2cccnc2)C1. The maximum Gasteiger partial charge on any atom is 0.0302 e. The Balaban J connectivity index is 1.85. The third-order valence-corrected chi connectivity index (χ3v) is 4.39. The van der Waals surface area contributed by atoms with Crippen LogP contribution in [0.2, 0.25) is 0 Å². The van der Waals surface area contributed by atoms with Gasteiger partial charge in [0, 0.05) is 25.5 Å². The van der Waals surface area contributed by atoms with E-state index < -0.39 is 0 Å². The van der Waals surface area contributed by atoms with Crippen molar-refractivity contribution >= 4 is 0 Å². The molecule has 2 aliphatic rings. The summed E-state index contributed by atoms with van der Waals surface area (Å²) >= 11 is 0. The van der Waals surface area contributed by atoms with E-state index in [-0.39, 0.29) is 0 Å². The van der Waals surface area contributed by atoms with E-state index in [4.69, 9.17) is 0 Å². The Morgan fingerprint density at radius 2 is 2.25 bits per heavy atom. The van der Waals surface area contributed by atoms with Crippen LogP contribution in [0.5, 0.6) is 0 Å². The Morgan fingerprint density at radius 3 is 3.06 bits per heavy atom. The molecule has 2 heterocycles. The summed E-state index contributed by atoms with van der Waals surface area (Å²) in [5.41, 5.74) is 1.47. The molecule has 0 spiro atoms. The predicted molar refractivity (Wildman–Crippen MR) is 65.3 cm³/mol. The molecule has 1 aliphatic heterocycles. The molecule has 3 rings (SSSR count). The zero-order valence-electron chi connectivity index (χ0n) is 9.97. The van der Waals surface area contributed by atoms with Crippen molar-refractivity contribution in [1.29, 1.82) is 0 Å². The first kappa shape index (κ1) is 10.3. The molecular weight excluding hydrogens is 196 g/mol. The Morgan fingerprint density at radius 1 is 1.31 bits per heavy atom. The van der Waals surface area contributed by atoms with Crippen LogP contribution in [0.15, 0.2) is 24.5 Å². The van der Waals surface area contributed by atoms with Gasteiger partial charge in [0.25, 0.3) is 0 Å². The molecule has 2 heteroatoms. The molecule has 2 fully saturated rings. The van der Waals surface area contributed by atoms with Gasteiger partial charge in [-0.3, -0.25) is 4.98 Å². The minimum Gasteiger partial charge on any atom is -0.306 e. The standard InChI is InChI=1S/C14H20N2/c1-16-9-12-4-2-6-13(14(12)10-16)11-5-3-7-15-8-11/h3,5,7-8,12-14H,2,4,6,9-10H2,1H3/t12-,13-,14?/m0/s1. The molecule has 0 aromatic carbocycles. The molecule has 3 atom stereocenters. The normalized spacial score (nSPS) is 34.9. The van der Waals surface area contributed by atoms with Crippen LogP contribution in [0.1, 0.15) is 30.7 Å². The second-order valence-electron chi connectivity index (χ2n) is 5.47. The fraction of sp³-hybridized carbons (Fsp3) is 0.643. The van der Waals surface area contributed by atoms with E-state index in [2.05, 4.69) is 35.3 Å². The van der Waals surface area contributed by atoms with Crippen LogP contribution in [-0.2, 0) is 0 Å². The zero-order valence-corrected chi connectivity index (χ0v) is 9.97. The maximum absolute atomic E-state index is 4.28. The Hall–Kier alpha value is -0.890. The topological polar surface area (TPSA) is 16.1 Å². The molecule has 1 unspecified atom stereocenters. The number of rotatable bonds is 1. The van der Waals surface area contributed by atoms with Gasteiger partial charge in [0.05, 0.1) is 0 Å². The molecule has 1 aromatic rings. The number of hydrogen-bond acceptors (Lipinski definition) is 2. The summed E-state index contributed by atoms with van der Waals surface area (Å²) < 4.78 is 0. The molecule has 1 aliphatic carbocycles. The van der Waals surface area contributed by atoms with Crippen molar-refractivity contribution in [2.24, 2.45) is 11.8 Å². The van der Waals surface area contributed by atoms with Gasteiger partial charge in [-0.05, 0) is 49.3 Å². The van der Waals surface area contributed by atoms with Gasteiger partial charge in [0.1, 0.15) is 0 Å². The van der Waals surface area contributed by atoms with Crippen LogP contribution < -0.4 is 0 Å². The first-order valence-electron chi connectivity index (χ1n) is 6.43. The van der Waals surface area contributed by atoms with Crippen LogP contribution in [0, 0.1) is 11.8 Å². The van der Waals surface area contributed by atoms with Crippen molar-refractivity contribution in [1.82, 2.24) is 9.88 Å². The third kappa shape index (κ3) is 1.75. The van der Waals surface area contributed by atoms with Crippen LogP contribution in [0.25, 0.3) is 0 Å². The number of likely N-dealkylation sites (tertiary alicyclic amines) is 1. The average molecular weight is 216 g/mol. The van der Waals surface area contributed by atoms with Crippen molar-refractivity contribution in [3.05, 3.63) is 30.1 Å². The van der Waals surface area contributed by atoms with E-state index in [1.165, 1.54) is 37.9 Å². The summed E-state index contributed by atoms with van der Waals surface area (Å²) in [6.07, 6.45) is 8.15. The lowest BCUT2D eigenvalue weighted by molar-refractivity contribution is 0.257. The average Bonchev–Trinajstić information content (AvgIpc) is 2.70. The molecule has 2 nitrogen and oxygen atoms in total. The number of hydrogen-bond donors (Lipinski definition) is 0. The van der Waals surface area contributed by atoms with E-state index >= 15 is 0 Å². The largest absolute Gasteiger partial charge is 0.306 e. The molecule has 0 bridgehead atoms. The summed E-state index contributed by atoms with van der Waals surface area (Å²) in [6.45, 7) is 2.59. The highest BCUT2D eigenvalue weighted by Crippen LogP contribution is 2.44. The van der Waals surface area contributed by atoms with Gasteiger partial charge >= 0.3 is 0 Å². The molecule has 1 saturated heterocycles. The highest BCUT2D eigenvalue weighted by Gasteiger charge is 2.39. The third-order valence-electron chi connectivity index (χ3n) is 4.39. The van der Waals surface area contributed by atoms with Crippen molar-refractivity contribution in [2.75, 3.05) is 20.1 Å². The fourth-order valence-corrected chi connectivity index (χ4v) is 3.70. The molecule has 86 valence electrons. The van der Waals surface area contributed by atoms with E-state index in [1.54, 1.807) is 0 Å². The summed E-state index contributed by atoms with van der Waals surface area (Å²) in [6, 6.07) is 4.34. The van der Waals surface area contributed by atoms with Crippen LogP contribution in [0.4, 0.5) is 0 Å². The summed E-state index contributed by atoms with van der Waals surface area (Å²) in [5, 5.41) is 0. The van der Waals surface area contributed by atoms with Gasteiger partial charge in [-0.15, -0.1) is 0 Å². The smallest absolute Gasteiger partial charge is 0.0302 e. The minimum atomic E-state index is 0.761. The van der Waals surface area contributed by atoms with Gasteiger partial charge in [-0.2, -0.15) is 0 Å². The van der Waals surface area contributed by atoms with Crippen LogP contribution in [0.3, 0.4) is 0 Å². The van der Waals surface area contributed by atoms with Gasteiger partial charge in [0.15, 0.2) is 0 Å². The molecule has 16 heavy (non-hydrogen) atoms. The lowest BCUT2D eigenvalue weighted by atomic mass is 9.71. The Kier molecular flexibility index (Phi) is 2.68. The molecule has 0 N–H and O–H groups in total. The molecule has 1 aromatic heterocycles. The van der Waals surface area contributed by atoms with Crippen molar-refractivity contribution in [3.8, 4) is 0 Å². The number of aromatic nitrogens is 1. The fourth-order valence-electron chi connectivity index (χ4n) is 3.70. The van der Waals surface area contributed by atoms with Gasteiger partial charge < -0.3 is 4.90 Å². The number of pyridine rings is 1. The van der Waals surface area contributed by atoms with Gasteiger partial charge in [-0.1, -0.05) is 12.5 Å². The van der Waals surface area contributed by atoms with Crippen molar-refractivity contribution < 1.29 is 0 Å². The van der Waals surface area contributed by atoms with E-state index in [0.29, 0.717) is 0 Å². The Bertz CT molecular complexity index is 349. The molecule has 0 radical (unpaired) electrons. The zero-order chi connectivity index (χ0) is 11.0. The quantitative estimate of drug-likeness (QED) is 0.717. The van der Waals surface area contributed by atoms with Gasteiger partial charge in [-0.25, -0.2) is 0 Å². The molecular formula is C14H20N2. The van der Waals surface area contributed by atoms with Crippen molar-refractivity contribution in [2.45, 2.75) is 25.2 Å². The first-order chi connectivity index (χ1) is 7.84. The predicted octanol–water partition coefficient (Wildman–Crippen LogP) is 2.53. The summed E-state index contributed by atoms with van der Waals surface area (Å²) in [4.78, 5) is 6.78. The second kappa shape index (κ2) is 4.17. The minimum absolute atomic E-state index is 0.761. The van der Waals surface area contributed by atoms with E-state index in [9.17, 15) is 0 Å². The van der Waals surface area contributed by atoms with Crippen LogP contribution in [-0.4, -0.2) is 30.0 Å². The van der Waals surface area contributed by atoms with Crippen LogP contribution >= 0.6 is 0 Å². The van der Waals surface area contributed by atoms with E-state index in [0.717, 1.165) is 17.8 Å². The van der Waals surface area contributed by atoms with Crippen molar-refractivity contribution in [3.63, 3.8) is 0 Å². The monoisotopic (exact) mass is 216 g/mol. The first-order valence-corrected chi connectivity index (χ1v) is 6.43. The maximum atomic E-state index is 4.28. The molecule has 0 amide bonds. The highest BCUT2D eigenvalue weighted by atomic mass is 15.1. The summed E-state index contributed by atoms with van der Waals surface area (Å²) in [5.74, 6) is 2.57. The number of fused-ring (bicyclic) bond motifs is 1. The lowest BCUT2D eigenvalue weighted by Crippen LogP contribution is -2.25.